The minimum atomic E-state index is -0.479. The molecule has 0 bridgehead atoms. The molecule has 0 unspecified atom stereocenters. The molecule has 1 aromatic carbocycles. The van der Waals surface area contributed by atoms with Crippen LogP contribution in [0.5, 0.6) is 0 Å². The number of hydrogen-bond donors (Lipinski definition) is 0. The maximum Gasteiger partial charge on any atom is 0.339 e. The third-order valence-electron chi connectivity index (χ3n) is 3.21. The summed E-state index contributed by atoms with van der Waals surface area (Å²) in [4.78, 5) is 29.9. The van der Waals surface area contributed by atoms with Gasteiger partial charge in [0.25, 0.3) is 5.91 Å². The van der Waals surface area contributed by atoms with E-state index in [2.05, 4.69) is 4.98 Å². The molecule has 0 spiro atoms. The molecular formula is C16H16N2O3. The molecule has 0 radical (unpaired) electrons. The predicted octanol–water partition coefficient (Wildman–Crippen LogP) is 2.45. The van der Waals surface area contributed by atoms with Crippen LogP contribution in [0.2, 0.25) is 0 Å². The molecule has 2 aromatic rings. The minimum Gasteiger partial charge on any atom is -0.465 e. The zero-order valence-electron chi connectivity index (χ0n) is 12.2. The number of methoxy groups -OCH3 is 1. The van der Waals surface area contributed by atoms with Gasteiger partial charge in [-0.15, -0.1) is 0 Å². The van der Waals surface area contributed by atoms with Crippen molar-refractivity contribution >= 4 is 17.6 Å². The van der Waals surface area contributed by atoms with Crippen LogP contribution in [0.15, 0.2) is 42.6 Å². The van der Waals surface area contributed by atoms with Crippen LogP contribution in [0, 0.1) is 6.92 Å². The Morgan fingerprint density at radius 3 is 2.43 bits per heavy atom. The molecule has 0 saturated heterocycles. The molecule has 0 fully saturated rings. The lowest BCUT2D eigenvalue weighted by Crippen LogP contribution is -2.28. The van der Waals surface area contributed by atoms with E-state index in [4.69, 9.17) is 4.74 Å². The minimum absolute atomic E-state index is 0.225. The summed E-state index contributed by atoms with van der Waals surface area (Å²) in [5.74, 6) is -0.704. The summed E-state index contributed by atoms with van der Waals surface area (Å²) >= 11 is 0. The van der Waals surface area contributed by atoms with Gasteiger partial charge in [0.1, 0.15) is 0 Å². The normalized spacial score (nSPS) is 10.0. The fourth-order valence-electron chi connectivity index (χ4n) is 2.05. The van der Waals surface area contributed by atoms with Crippen LogP contribution in [0.3, 0.4) is 0 Å². The Morgan fingerprint density at radius 2 is 1.76 bits per heavy atom. The largest absolute Gasteiger partial charge is 0.465 e. The molecule has 1 amide bonds. The summed E-state index contributed by atoms with van der Waals surface area (Å²) in [5.41, 5.74) is 1.99. The third-order valence-corrected chi connectivity index (χ3v) is 3.21. The van der Waals surface area contributed by atoms with Crippen molar-refractivity contribution in [2.75, 3.05) is 19.1 Å². The lowest BCUT2D eigenvalue weighted by Gasteiger charge is -2.20. The van der Waals surface area contributed by atoms with Crippen LogP contribution < -0.4 is 4.90 Å². The summed E-state index contributed by atoms with van der Waals surface area (Å²) < 4.78 is 4.75. The summed E-state index contributed by atoms with van der Waals surface area (Å²) in [7, 11) is 2.93. The van der Waals surface area contributed by atoms with Crippen molar-refractivity contribution in [1.29, 1.82) is 0 Å². The molecule has 1 aromatic heterocycles. The third kappa shape index (κ3) is 2.91. The molecule has 0 aliphatic carbocycles. The van der Waals surface area contributed by atoms with E-state index in [0.717, 1.165) is 0 Å². The summed E-state index contributed by atoms with van der Waals surface area (Å²) in [6.45, 7) is 1.77. The van der Waals surface area contributed by atoms with Crippen molar-refractivity contribution in [2.45, 2.75) is 6.92 Å². The Bertz CT molecular complexity index is 683. The van der Waals surface area contributed by atoms with Crippen LogP contribution in [-0.2, 0) is 4.74 Å². The number of nitrogens with zero attached hydrogens (tertiary/aromatic N) is 2. The first kappa shape index (κ1) is 14.7. The molecule has 0 aliphatic rings. The fraction of sp³-hybridized carbons (Fsp3) is 0.188. The second-order valence-corrected chi connectivity index (χ2v) is 4.51. The van der Waals surface area contributed by atoms with Gasteiger partial charge in [-0.3, -0.25) is 9.78 Å². The van der Waals surface area contributed by atoms with Crippen LogP contribution in [0.25, 0.3) is 0 Å². The van der Waals surface area contributed by atoms with E-state index < -0.39 is 5.97 Å². The highest BCUT2D eigenvalue weighted by Gasteiger charge is 2.21. The zero-order chi connectivity index (χ0) is 15.4. The average Bonchev–Trinajstić information content (AvgIpc) is 2.53. The Kier molecular flexibility index (Phi) is 4.33. The molecule has 0 N–H and O–H groups in total. The lowest BCUT2D eigenvalue weighted by molar-refractivity contribution is 0.0601. The number of aromatic nitrogens is 1. The first-order valence-electron chi connectivity index (χ1n) is 6.43. The number of ether oxygens (including phenoxy) is 1. The Labute approximate surface area is 123 Å². The number of aryl methyl sites for hydroxylation is 1. The molecule has 2 rings (SSSR count). The Hall–Kier alpha value is -2.69. The summed E-state index contributed by atoms with van der Waals surface area (Å²) in [6, 6.07) is 10.2. The van der Waals surface area contributed by atoms with Crippen molar-refractivity contribution in [3.8, 4) is 0 Å². The SMILES string of the molecule is COC(=O)c1ccccc1N(C)C(=O)c1cccnc1C. The van der Waals surface area contributed by atoms with Gasteiger partial charge in [-0.25, -0.2) is 4.79 Å². The molecule has 0 atom stereocenters. The van der Waals surface area contributed by atoms with E-state index in [9.17, 15) is 9.59 Å². The van der Waals surface area contributed by atoms with Gasteiger partial charge in [0.2, 0.25) is 0 Å². The van der Waals surface area contributed by atoms with E-state index in [0.29, 0.717) is 22.5 Å². The topological polar surface area (TPSA) is 59.5 Å². The number of esters is 1. The number of carbonyl (C=O) groups is 2. The van der Waals surface area contributed by atoms with Crippen LogP contribution in [0.4, 0.5) is 5.69 Å². The lowest BCUT2D eigenvalue weighted by atomic mass is 10.1. The van der Waals surface area contributed by atoms with E-state index >= 15 is 0 Å². The summed E-state index contributed by atoms with van der Waals surface area (Å²) in [5, 5.41) is 0. The van der Waals surface area contributed by atoms with Crippen molar-refractivity contribution in [3.05, 3.63) is 59.4 Å². The highest BCUT2D eigenvalue weighted by molar-refractivity contribution is 6.09. The predicted molar refractivity (Wildman–Crippen MR) is 79.5 cm³/mol. The van der Waals surface area contributed by atoms with E-state index in [1.807, 2.05) is 0 Å². The van der Waals surface area contributed by atoms with Gasteiger partial charge in [0.05, 0.1) is 23.9 Å². The quantitative estimate of drug-likeness (QED) is 0.812. The Balaban J connectivity index is 2.41. The number of hydrogen-bond acceptors (Lipinski definition) is 4. The number of anilines is 1. The standard InChI is InChI=1S/C16H16N2O3/c1-11-12(8-6-10-17-11)15(19)18(2)14-9-5-4-7-13(14)16(20)21-3/h4-10H,1-3H3. The molecule has 5 nitrogen and oxygen atoms in total. The molecule has 0 saturated carbocycles. The monoisotopic (exact) mass is 284 g/mol. The molecule has 108 valence electrons. The van der Waals surface area contributed by atoms with Crippen molar-refractivity contribution in [3.63, 3.8) is 0 Å². The van der Waals surface area contributed by atoms with Gasteiger partial charge in [-0.1, -0.05) is 12.1 Å². The van der Waals surface area contributed by atoms with Crippen molar-refractivity contribution < 1.29 is 14.3 Å². The molecule has 0 aliphatic heterocycles. The number of rotatable bonds is 3. The number of pyridine rings is 1. The van der Waals surface area contributed by atoms with Crippen LogP contribution in [0.1, 0.15) is 26.4 Å². The first-order chi connectivity index (χ1) is 10.1. The second kappa shape index (κ2) is 6.17. The van der Waals surface area contributed by atoms with Gasteiger partial charge in [-0.05, 0) is 31.2 Å². The van der Waals surface area contributed by atoms with Gasteiger partial charge in [0, 0.05) is 18.9 Å². The molecular weight excluding hydrogens is 268 g/mol. The van der Waals surface area contributed by atoms with Gasteiger partial charge >= 0.3 is 5.97 Å². The van der Waals surface area contributed by atoms with Crippen molar-refractivity contribution in [2.24, 2.45) is 0 Å². The number of para-hydroxylation sites is 1. The summed E-state index contributed by atoms with van der Waals surface area (Å²) in [6.07, 6.45) is 1.63. The number of benzene rings is 1. The number of amides is 1. The maximum absolute atomic E-state index is 12.6. The van der Waals surface area contributed by atoms with Gasteiger partial charge < -0.3 is 9.64 Å². The fourth-order valence-corrected chi connectivity index (χ4v) is 2.05. The average molecular weight is 284 g/mol. The second-order valence-electron chi connectivity index (χ2n) is 4.51. The first-order valence-corrected chi connectivity index (χ1v) is 6.43. The molecule has 5 heteroatoms. The smallest absolute Gasteiger partial charge is 0.339 e. The molecule has 1 heterocycles. The molecule has 21 heavy (non-hydrogen) atoms. The highest BCUT2D eigenvalue weighted by Crippen LogP contribution is 2.22. The number of carbonyl (C=O) groups excluding carboxylic acids is 2. The van der Waals surface area contributed by atoms with Crippen molar-refractivity contribution in [1.82, 2.24) is 4.98 Å². The van der Waals surface area contributed by atoms with Crippen LogP contribution in [-0.4, -0.2) is 31.0 Å². The van der Waals surface area contributed by atoms with E-state index in [1.54, 1.807) is 56.6 Å². The van der Waals surface area contributed by atoms with E-state index in [-0.39, 0.29) is 5.91 Å². The zero-order valence-corrected chi connectivity index (χ0v) is 12.2. The van der Waals surface area contributed by atoms with Gasteiger partial charge in [0.15, 0.2) is 0 Å². The maximum atomic E-state index is 12.6. The van der Waals surface area contributed by atoms with Crippen LogP contribution >= 0.6 is 0 Å². The van der Waals surface area contributed by atoms with E-state index in [1.165, 1.54) is 12.0 Å². The highest BCUT2D eigenvalue weighted by atomic mass is 16.5. The van der Waals surface area contributed by atoms with Gasteiger partial charge in [-0.2, -0.15) is 0 Å². The Morgan fingerprint density at radius 1 is 1.10 bits per heavy atom.